The van der Waals surface area contributed by atoms with Crippen LogP contribution in [0.2, 0.25) is 0 Å². The molecule has 1 aromatic carbocycles. The summed E-state index contributed by atoms with van der Waals surface area (Å²) in [5.41, 5.74) is 2.82. The van der Waals surface area contributed by atoms with Gasteiger partial charge in [-0.3, -0.25) is 0 Å². The highest BCUT2D eigenvalue weighted by atomic mass is 16.3. The van der Waals surface area contributed by atoms with Gasteiger partial charge in [0.15, 0.2) is 0 Å². The first-order chi connectivity index (χ1) is 9.22. The Bertz CT molecular complexity index is 557. The van der Waals surface area contributed by atoms with Crippen LogP contribution in [0.15, 0.2) is 30.5 Å². The number of H-pyrrole nitrogens is 1. The number of hydrogen-bond acceptors (Lipinski definition) is 2. The van der Waals surface area contributed by atoms with Gasteiger partial charge in [0.25, 0.3) is 0 Å². The molecule has 19 heavy (non-hydrogen) atoms. The Balaban J connectivity index is 1.60. The van der Waals surface area contributed by atoms with Gasteiger partial charge in [0, 0.05) is 42.2 Å². The lowest BCUT2D eigenvalue weighted by atomic mass is 10.1. The van der Waals surface area contributed by atoms with Crippen LogP contribution >= 0.6 is 0 Å². The lowest BCUT2D eigenvalue weighted by molar-refractivity contribution is 0.165. The third-order valence-electron chi connectivity index (χ3n) is 4.34. The molecule has 0 amide bonds. The Morgan fingerprint density at radius 1 is 1.32 bits per heavy atom. The summed E-state index contributed by atoms with van der Waals surface area (Å²) in [6.45, 7) is 2.40. The molecule has 102 valence electrons. The molecule has 1 aliphatic carbocycles. The molecule has 0 bridgehead atoms. The van der Waals surface area contributed by atoms with E-state index in [9.17, 15) is 5.11 Å². The van der Waals surface area contributed by atoms with E-state index in [1.807, 2.05) is 0 Å². The quantitative estimate of drug-likeness (QED) is 0.835. The predicted octanol–water partition coefficient (Wildman–Crippen LogP) is 2.41. The summed E-state index contributed by atoms with van der Waals surface area (Å²) >= 11 is 0. The Morgan fingerprint density at radius 3 is 2.84 bits per heavy atom. The fourth-order valence-corrected chi connectivity index (χ4v) is 2.84. The van der Waals surface area contributed by atoms with E-state index in [0.717, 1.165) is 19.5 Å². The second kappa shape index (κ2) is 4.99. The van der Waals surface area contributed by atoms with Crippen molar-refractivity contribution in [1.29, 1.82) is 0 Å². The molecule has 1 saturated carbocycles. The van der Waals surface area contributed by atoms with Gasteiger partial charge in [-0.15, -0.1) is 0 Å². The molecule has 2 aromatic rings. The van der Waals surface area contributed by atoms with Crippen molar-refractivity contribution in [1.82, 2.24) is 9.88 Å². The molecule has 1 aromatic heterocycles. The van der Waals surface area contributed by atoms with Crippen molar-refractivity contribution in [2.45, 2.75) is 19.3 Å². The van der Waals surface area contributed by atoms with Gasteiger partial charge >= 0.3 is 0 Å². The first-order valence-electron chi connectivity index (χ1n) is 7.07. The molecule has 1 fully saturated rings. The van der Waals surface area contributed by atoms with Gasteiger partial charge in [-0.1, -0.05) is 18.2 Å². The molecular weight excluding hydrogens is 236 g/mol. The lowest BCUT2D eigenvalue weighted by Gasteiger charge is -2.21. The molecule has 0 spiro atoms. The summed E-state index contributed by atoms with van der Waals surface area (Å²) in [4.78, 5) is 5.68. The summed E-state index contributed by atoms with van der Waals surface area (Å²) in [5, 5.41) is 10.7. The Labute approximate surface area is 114 Å². The summed E-state index contributed by atoms with van der Waals surface area (Å²) in [5.74, 6) is 0. The zero-order valence-corrected chi connectivity index (χ0v) is 11.5. The zero-order chi connectivity index (χ0) is 13.3. The maximum absolute atomic E-state index is 9.37. The molecule has 2 N–H and O–H groups in total. The van der Waals surface area contributed by atoms with E-state index in [1.165, 1.54) is 29.3 Å². The highest BCUT2D eigenvalue weighted by Crippen LogP contribution is 2.45. The van der Waals surface area contributed by atoms with E-state index in [4.69, 9.17) is 0 Å². The van der Waals surface area contributed by atoms with Crippen molar-refractivity contribution in [3.63, 3.8) is 0 Å². The molecule has 1 heterocycles. The number of aliphatic hydroxyl groups excluding tert-OH is 1. The van der Waals surface area contributed by atoms with Gasteiger partial charge in [-0.25, -0.2) is 0 Å². The Kier molecular flexibility index (Phi) is 3.33. The Hall–Kier alpha value is -1.32. The number of fused-ring (bicyclic) bond motifs is 1. The number of aromatic amines is 1. The molecular formula is C16H22N2O. The first kappa shape index (κ1) is 12.7. The van der Waals surface area contributed by atoms with Crippen LogP contribution in [0, 0.1) is 5.41 Å². The first-order valence-corrected chi connectivity index (χ1v) is 7.07. The van der Waals surface area contributed by atoms with Gasteiger partial charge in [0.05, 0.1) is 0 Å². The molecule has 0 radical (unpaired) electrons. The van der Waals surface area contributed by atoms with Crippen molar-refractivity contribution in [3.05, 3.63) is 36.0 Å². The second-order valence-corrected chi connectivity index (χ2v) is 6.01. The van der Waals surface area contributed by atoms with E-state index in [2.05, 4.69) is 47.4 Å². The van der Waals surface area contributed by atoms with Gasteiger partial charge in [0.1, 0.15) is 0 Å². The average Bonchev–Trinajstić information content (AvgIpc) is 3.08. The molecule has 1 aliphatic rings. The molecule has 0 unspecified atom stereocenters. The number of hydrogen-bond donors (Lipinski definition) is 2. The fraction of sp³-hybridized carbons (Fsp3) is 0.500. The van der Waals surface area contributed by atoms with Gasteiger partial charge in [-0.05, 0) is 37.9 Å². The third kappa shape index (κ3) is 2.67. The number of para-hydroxylation sites is 1. The largest absolute Gasteiger partial charge is 0.396 e. The number of nitrogens with zero attached hydrogens (tertiary/aromatic N) is 1. The number of nitrogens with one attached hydrogen (secondary N) is 1. The fourth-order valence-electron chi connectivity index (χ4n) is 2.84. The van der Waals surface area contributed by atoms with Crippen LogP contribution in [0.1, 0.15) is 18.4 Å². The summed E-state index contributed by atoms with van der Waals surface area (Å²) in [7, 11) is 2.16. The standard InChI is InChI=1S/C16H22N2O/c1-18(11-16(12-19)7-8-16)9-6-13-10-17-15-5-3-2-4-14(13)15/h2-5,10,17,19H,6-9,11-12H2,1H3. The number of rotatable bonds is 6. The normalized spacial score (nSPS) is 17.2. The minimum absolute atomic E-state index is 0.217. The summed E-state index contributed by atoms with van der Waals surface area (Å²) < 4.78 is 0. The number of likely N-dealkylation sites (N-methyl/N-ethyl adjacent to an activating group) is 1. The Morgan fingerprint density at radius 2 is 2.11 bits per heavy atom. The zero-order valence-electron chi connectivity index (χ0n) is 11.5. The number of aromatic nitrogens is 1. The topological polar surface area (TPSA) is 39.3 Å². The van der Waals surface area contributed by atoms with Crippen LogP contribution in [0.4, 0.5) is 0 Å². The molecule has 3 nitrogen and oxygen atoms in total. The molecule has 0 aliphatic heterocycles. The van der Waals surface area contributed by atoms with E-state index >= 15 is 0 Å². The van der Waals surface area contributed by atoms with Crippen molar-refractivity contribution < 1.29 is 5.11 Å². The van der Waals surface area contributed by atoms with E-state index in [0.29, 0.717) is 6.61 Å². The maximum atomic E-state index is 9.37. The van der Waals surface area contributed by atoms with E-state index in [-0.39, 0.29) is 5.41 Å². The molecule has 0 atom stereocenters. The van der Waals surface area contributed by atoms with Crippen LogP contribution in [0.25, 0.3) is 10.9 Å². The van der Waals surface area contributed by atoms with Crippen LogP contribution in [-0.4, -0.2) is 41.7 Å². The third-order valence-corrected chi connectivity index (χ3v) is 4.34. The highest BCUT2D eigenvalue weighted by Gasteiger charge is 2.42. The van der Waals surface area contributed by atoms with E-state index in [1.54, 1.807) is 0 Å². The number of aliphatic hydroxyl groups is 1. The molecule has 0 saturated heterocycles. The van der Waals surface area contributed by atoms with Crippen LogP contribution in [0.3, 0.4) is 0 Å². The van der Waals surface area contributed by atoms with Gasteiger partial charge < -0.3 is 15.0 Å². The van der Waals surface area contributed by atoms with Crippen LogP contribution in [-0.2, 0) is 6.42 Å². The van der Waals surface area contributed by atoms with Gasteiger partial charge in [0.2, 0.25) is 0 Å². The monoisotopic (exact) mass is 258 g/mol. The van der Waals surface area contributed by atoms with Gasteiger partial charge in [-0.2, -0.15) is 0 Å². The second-order valence-electron chi connectivity index (χ2n) is 6.01. The summed E-state index contributed by atoms with van der Waals surface area (Å²) in [6, 6.07) is 8.45. The molecule has 3 rings (SSSR count). The number of benzene rings is 1. The average molecular weight is 258 g/mol. The minimum atomic E-state index is 0.217. The van der Waals surface area contributed by atoms with Crippen molar-refractivity contribution in [2.75, 3.05) is 26.7 Å². The van der Waals surface area contributed by atoms with Crippen LogP contribution in [0.5, 0.6) is 0 Å². The van der Waals surface area contributed by atoms with Crippen molar-refractivity contribution in [3.8, 4) is 0 Å². The van der Waals surface area contributed by atoms with Crippen molar-refractivity contribution >= 4 is 10.9 Å². The summed E-state index contributed by atoms with van der Waals surface area (Å²) in [6.07, 6.45) is 5.54. The van der Waals surface area contributed by atoms with E-state index < -0.39 is 0 Å². The lowest BCUT2D eigenvalue weighted by Crippen LogP contribution is -2.30. The smallest absolute Gasteiger partial charge is 0.0499 e. The van der Waals surface area contributed by atoms with Crippen LogP contribution < -0.4 is 0 Å². The SMILES string of the molecule is CN(CCc1c[nH]c2ccccc12)CC1(CO)CC1. The highest BCUT2D eigenvalue weighted by molar-refractivity contribution is 5.83. The maximum Gasteiger partial charge on any atom is 0.0499 e. The molecule has 3 heteroatoms. The predicted molar refractivity (Wildman–Crippen MR) is 78.3 cm³/mol. The minimum Gasteiger partial charge on any atom is -0.396 e. The van der Waals surface area contributed by atoms with Crippen molar-refractivity contribution in [2.24, 2.45) is 5.41 Å².